The zero-order valence-corrected chi connectivity index (χ0v) is 19.4. The van der Waals surface area contributed by atoms with Gasteiger partial charge in [-0.15, -0.1) is 11.3 Å². The van der Waals surface area contributed by atoms with E-state index in [-0.39, 0.29) is 17.7 Å². The highest BCUT2D eigenvalue weighted by molar-refractivity contribution is 7.17. The summed E-state index contributed by atoms with van der Waals surface area (Å²) in [5, 5.41) is 2.08. The monoisotopic (exact) mass is 450 g/mol. The average Bonchev–Trinajstić information content (AvgIpc) is 3.42. The first-order valence-corrected chi connectivity index (χ1v) is 12.4. The summed E-state index contributed by atoms with van der Waals surface area (Å²) in [5.41, 5.74) is 3.05. The highest BCUT2D eigenvalue weighted by Crippen LogP contribution is 2.29. The van der Waals surface area contributed by atoms with E-state index in [2.05, 4.69) is 40.1 Å². The predicted molar refractivity (Wildman–Crippen MR) is 128 cm³/mol. The molecule has 1 aromatic carbocycles. The number of piperidine rings is 1. The van der Waals surface area contributed by atoms with Gasteiger partial charge in [-0.1, -0.05) is 30.3 Å². The fraction of sp³-hybridized carbons (Fsp3) is 0.440. The minimum Gasteiger partial charge on any atom is -0.340 e. The van der Waals surface area contributed by atoms with Gasteiger partial charge in [0.05, 0.1) is 10.2 Å². The molecule has 6 nitrogen and oxygen atoms in total. The van der Waals surface area contributed by atoms with Gasteiger partial charge in [0.1, 0.15) is 5.69 Å². The average molecular weight is 451 g/mol. The molecular formula is C25H30N4O2S. The quantitative estimate of drug-likeness (QED) is 0.612. The highest BCUT2D eigenvalue weighted by Gasteiger charge is 2.32. The number of carbonyl (C=O) groups excluding carboxylic acids is 2. The number of hydrogen-bond acceptors (Lipinski definition) is 4. The minimum absolute atomic E-state index is 0.0436. The van der Waals surface area contributed by atoms with Gasteiger partial charge in [-0.25, -0.2) is 0 Å². The Labute approximate surface area is 193 Å². The number of aromatic nitrogens is 1. The molecule has 2 saturated heterocycles. The Morgan fingerprint density at radius 2 is 1.66 bits per heavy atom. The second-order valence-corrected chi connectivity index (χ2v) is 9.91. The van der Waals surface area contributed by atoms with Gasteiger partial charge in [0.25, 0.3) is 5.91 Å². The Morgan fingerprint density at radius 3 is 2.38 bits per heavy atom. The third kappa shape index (κ3) is 4.19. The molecule has 2 aliphatic rings. The van der Waals surface area contributed by atoms with Gasteiger partial charge in [0.2, 0.25) is 5.91 Å². The maximum Gasteiger partial charge on any atom is 0.270 e. The number of nitrogens with zero attached hydrogens (tertiary/aromatic N) is 4. The number of rotatable bonds is 4. The fourth-order valence-electron chi connectivity index (χ4n) is 4.87. The molecule has 2 aromatic heterocycles. The second-order valence-electron chi connectivity index (χ2n) is 8.97. The van der Waals surface area contributed by atoms with Gasteiger partial charge >= 0.3 is 0 Å². The van der Waals surface area contributed by atoms with Gasteiger partial charge in [-0.05, 0) is 43.0 Å². The Bertz CT molecular complexity index is 1090. The van der Waals surface area contributed by atoms with Crippen molar-refractivity contribution in [2.24, 2.45) is 5.92 Å². The SMILES string of the molecule is CN1CCN(C(=O)C2CCN(C(=O)c3cc4sccc4n3Cc3ccccc3)CC2)CC1. The topological polar surface area (TPSA) is 48.8 Å². The van der Waals surface area contributed by atoms with Crippen LogP contribution in [0.3, 0.4) is 0 Å². The number of likely N-dealkylation sites (N-methyl/N-ethyl adjacent to an activating group) is 1. The molecule has 0 N–H and O–H groups in total. The van der Waals surface area contributed by atoms with Crippen molar-refractivity contribution in [1.29, 1.82) is 0 Å². The minimum atomic E-state index is 0.0436. The zero-order chi connectivity index (χ0) is 22.1. The van der Waals surface area contributed by atoms with Crippen LogP contribution < -0.4 is 0 Å². The fourth-order valence-corrected chi connectivity index (χ4v) is 5.69. The van der Waals surface area contributed by atoms with E-state index in [0.717, 1.165) is 54.9 Å². The first-order chi connectivity index (χ1) is 15.6. The molecule has 0 saturated carbocycles. The van der Waals surface area contributed by atoms with Crippen molar-refractivity contribution >= 4 is 33.4 Å². The van der Waals surface area contributed by atoms with Crippen LogP contribution >= 0.6 is 11.3 Å². The summed E-state index contributed by atoms with van der Waals surface area (Å²) in [4.78, 5) is 32.7. The third-order valence-corrected chi connectivity index (χ3v) is 7.72. The van der Waals surface area contributed by atoms with Gasteiger partial charge in [0.15, 0.2) is 0 Å². The van der Waals surface area contributed by atoms with Crippen molar-refractivity contribution in [3.8, 4) is 0 Å². The van der Waals surface area contributed by atoms with Crippen molar-refractivity contribution in [3.63, 3.8) is 0 Å². The van der Waals surface area contributed by atoms with E-state index in [1.54, 1.807) is 11.3 Å². The molecule has 2 fully saturated rings. The summed E-state index contributed by atoms with van der Waals surface area (Å²) >= 11 is 1.67. The molecule has 0 spiro atoms. The van der Waals surface area contributed by atoms with E-state index in [9.17, 15) is 9.59 Å². The summed E-state index contributed by atoms with van der Waals surface area (Å²) in [5.74, 6) is 0.398. The van der Waals surface area contributed by atoms with Gasteiger partial charge in [-0.2, -0.15) is 0 Å². The van der Waals surface area contributed by atoms with E-state index >= 15 is 0 Å². The summed E-state index contributed by atoms with van der Waals surface area (Å²) in [7, 11) is 2.10. The maximum absolute atomic E-state index is 13.5. The molecule has 32 heavy (non-hydrogen) atoms. The Kier molecular flexibility index (Phi) is 6.02. The number of amides is 2. The number of fused-ring (bicyclic) bond motifs is 1. The largest absolute Gasteiger partial charge is 0.340 e. The molecule has 2 aliphatic heterocycles. The number of piperazine rings is 1. The van der Waals surface area contributed by atoms with Crippen LogP contribution in [0.4, 0.5) is 0 Å². The van der Waals surface area contributed by atoms with Crippen LogP contribution in [0, 0.1) is 5.92 Å². The second kappa shape index (κ2) is 9.08. The lowest BCUT2D eigenvalue weighted by atomic mass is 9.94. The van der Waals surface area contributed by atoms with Crippen molar-refractivity contribution < 1.29 is 9.59 Å². The zero-order valence-electron chi connectivity index (χ0n) is 18.6. The molecule has 4 heterocycles. The molecule has 168 valence electrons. The lowest BCUT2D eigenvalue weighted by Gasteiger charge is -2.37. The highest BCUT2D eigenvalue weighted by atomic mass is 32.1. The molecule has 0 radical (unpaired) electrons. The number of likely N-dealkylation sites (tertiary alicyclic amines) is 1. The van der Waals surface area contributed by atoms with E-state index < -0.39 is 0 Å². The Hall–Kier alpha value is -2.64. The van der Waals surface area contributed by atoms with Gasteiger partial charge in [-0.3, -0.25) is 9.59 Å². The van der Waals surface area contributed by atoms with E-state index in [0.29, 0.717) is 19.6 Å². The molecule has 0 bridgehead atoms. The number of carbonyl (C=O) groups is 2. The third-order valence-electron chi connectivity index (χ3n) is 6.87. The molecule has 3 aromatic rings. The molecule has 0 unspecified atom stereocenters. The van der Waals surface area contributed by atoms with Crippen LogP contribution in [0.5, 0.6) is 0 Å². The molecule has 0 aliphatic carbocycles. The van der Waals surface area contributed by atoms with Crippen LogP contribution in [0.1, 0.15) is 28.9 Å². The predicted octanol–water partition coefficient (Wildman–Crippen LogP) is 3.38. The van der Waals surface area contributed by atoms with Gasteiger partial charge in [0, 0.05) is 51.7 Å². The van der Waals surface area contributed by atoms with Crippen LogP contribution in [0.2, 0.25) is 0 Å². The van der Waals surface area contributed by atoms with E-state index in [4.69, 9.17) is 0 Å². The standard InChI is InChI=1S/C25H30N4O2S/c1-26-12-14-28(15-13-26)24(30)20-7-10-27(11-8-20)25(31)22-17-23-21(9-16-32-23)29(22)18-19-5-3-2-4-6-19/h2-6,9,16-17,20H,7-8,10-15,18H2,1H3. The van der Waals surface area contributed by atoms with E-state index in [1.807, 2.05) is 34.1 Å². The van der Waals surface area contributed by atoms with Crippen molar-refractivity contribution in [3.05, 3.63) is 59.1 Å². The van der Waals surface area contributed by atoms with Crippen LogP contribution in [-0.2, 0) is 11.3 Å². The van der Waals surface area contributed by atoms with Crippen molar-refractivity contribution in [2.45, 2.75) is 19.4 Å². The lowest BCUT2D eigenvalue weighted by molar-refractivity contribution is -0.138. The first kappa shape index (κ1) is 21.2. The Morgan fingerprint density at radius 1 is 0.938 bits per heavy atom. The van der Waals surface area contributed by atoms with Crippen molar-refractivity contribution in [2.75, 3.05) is 46.3 Å². The normalized spacial score (nSPS) is 18.4. The van der Waals surface area contributed by atoms with Gasteiger partial charge < -0.3 is 19.3 Å². The summed E-state index contributed by atoms with van der Waals surface area (Å²) < 4.78 is 3.29. The summed E-state index contributed by atoms with van der Waals surface area (Å²) in [6.07, 6.45) is 1.51. The molecule has 2 amide bonds. The van der Waals surface area contributed by atoms with Crippen LogP contribution in [-0.4, -0.2) is 77.4 Å². The number of hydrogen-bond donors (Lipinski definition) is 0. The van der Waals surface area contributed by atoms with Crippen LogP contribution in [0.15, 0.2) is 47.8 Å². The van der Waals surface area contributed by atoms with Crippen molar-refractivity contribution in [1.82, 2.24) is 19.3 Å². The smallest absolute Gasteiger partial charge is 0.270 e. The molecule has 0 atom stereocenters. The number of thiophene rings is 1. The first-order valence-electron chi connectivity index (χ1n) is 11.5. The summed E-state index contributed by atoms with van der Waals surface area (Å²) in [6, 6.07) is 14.4. The molecular weight excluding hydrogens is 420 g/mol. The molecule has 7 heteroatoms. The number of benzene rings is 1. The maximum atomic E-state index is 13.5. The summed E-state index contributed by atoms with van der Waals surface area (Å²) in [6.45, 7) is 5.49. The van der Waals surface area contributed by atoms with Crippen LogP contribution in [0.25, 0.3) is 10.2 Å². The van der Waals surface area contributed by atoms with E-state index in [1.165, 1.54) is 5.56 Å². The Balaban J connectivity index is 1.28. The molecule has 5 rings (SSSR count). The lowest BCUT2D eigenvalue weighted by Crippen LogP contribution is -2.51.